The highest BCUT2D eigenvalue weighted by Gasteiger charge is 2.27. The van der Waals surface area contributed by atoms with Gasteiger partial charge >= 0.3 is 0 Å². The van der Waals surface area contributed by atoms with Crippen LogP contribution in [-0.4, -0.2) is 32.7 Å². The number of carbonyl (C=O) groups is 1. The molecule has 6 nitrogen and oxygen atoms in total. The van der Waals surface area contributed by atoms with Crippen LogP contribution in [0.1, 0.15) is 41.2 Å². The van der Waals surface area contributed by atoms with Crippen molar-refractivity contribution in [1.29, 1.82) is 0 Å². The highest BCUT2D eigenvalue weighted by Crippen LogP contribution is 2.17. The van der Waals surface area contributed by atoms with Crippen LogP contribution in [0, 0.1) is 0 Å². The number of ether oxygens (including phenoxy) is 1. The molecule has 1 atom stereocenters. The number of quaternary nitrogens is 1. The Balaban J connectivity index is 1.55. The third-order valence-electron chi connectivity index (χ3n) is 5.90. The van der Waals surface area contributed by atoms with Gasteiger partial charge in [0.15, 0.2) is 0 Å². The molecule has 0 aliphatic carbocycles. The summed E-state index contributed by atoms with van der Waals surface area (Å²) >= 11 is 0. The average molecular weight is 407 g/mol. The molecule has 4 rings (SSSR count). The largest absolute Gasteiger partial charge is 0.497 e. The van der Waals surface area contributed by atoms with Crippen LogP contribution in [-0.2, 0) is 0 Å². The van der Waals surface area contributed by atoms with Crippen LogP contribution in [0.5, 0.6) is 5.75 Å². The number of piperidine rings is 1. The van der Waals surface area contributed by atoms with Crippen molar-refractivity contribution in [3.05, 3.63) is 76.1 Å². The molecule has 1 amide bonds. The molecule has 2 N–H and O–H groups in total. The zero-order valence-corrected chi connectivity index (χ0v) is 17.1. The molecule has 30 heavy (non-hydrogen) atoms. The molecule has 0 spiro atoms. The van der Waals surface area contributed by atoms with Crippen LogP contribution in [0.2, 0.25) is 0 Å². The van der Waals surface area contributed by atoms with Crippen LogP contribution in [0.25, 0.3) is 11.0 Å². The van der Waals surface area contributed by atoms with Gasteiger partial charge in [0.05, 0.1) is 32.1 Å². The summed E-state index contributed by atoms with van der Waals surface area (Å²) in [4.78, 5) is 27.0. The summed E-state index contributed by atoms with van der Waals surface area (Å²) in [5.41, 5.74) is 1.36. The van der Waals surface area contributed by atoms with Crippen LogP contribution >= 0.6 is 0 Å². The highest BCUT2D eigenvalue weighted by molar-refractivity contribution is 5.96. The molecule has 1 aliphatic heterocycles. The molecule has 1 aromatic heterocycles. The molecule has 1 saturated heterocycles. The third-order valence-corrected chi connectivity index (χ3v) is 5.90. The van der Waals surface area contributed by atoms with Gasteiger partial charge < -0.3 is 19.4 Å². The number of likely N-dealkylation sites (tertiary alicyclic amines) is 1. The zero-order chi connectivity index (χ0) is 20.9. The van der Waals surface area contributed by atoms with E-state index in [1.807, 2.05) is 12.1 Å². The predicted molar refractivity (Wildman–Crippen MR) is 115 cm³/mol. The van der Waals surface area contributed by atoms with E-state index in [0.717, 1.165) is 24.4 Å². The van der Waals surface area contributed by atoms with Gasteiger partial charge in [0.2, 0.25) is 5.43 Å². The summed E-state index contributed by atoms with van der Waals surface area (Å²) in [6.45, 7) is 2.60. The molecular formula is C24H27N2O4+. The first-order valence-corrected chi connectivity index (χ1v) is 10.4. The van der Waals surface area contributed by atoms with Crippen molar-refractivity contribution in [1.82, 2.24) is 5.32 Å². The molecule has 156 valence electrons. The lowest BCUT2D eigenvalue weighted by atomic mass is 10.0. The van der Waals surface area contributed by atoms with Gasteiger partial charge in [0.1, 0.15) is 29.2 Å². The maximum absolute atomic E-state index is 12.8. The van der Waals surface area contributed by atoms with Gasteiger partial charge in [-0.15, -0.1) is 0 Å². The second kappa shape index (κ2) is 9.13. The smallest absolute Gasteiger partial charge is 0.258 e. The molecule has 6 heteroatoms. The molecule has 1 aliphatic rings. The fraction of sp³-hybridized carbons (Fsp3) is 0.333. The van der Waals surface area contributed by atoms with E-state index in [-0.39, 0.29) is 17.0 Å². The normalized spacial score (nSPS) is 15.6. The third kappa shape index (κ3) is 4.24. The number of hydrogen-bond acceptors (Lipinski definition) is 4. The van der Waals surface area contributed by atoms with Crippen molar-refractivity contribution >= 4 is 16.9 Å². The monoisotopic (exact) mass is 407 g/mol. The van der Waals surface area contributed by atoms with Crippen molar-refractivity contribution < 1.29 is 18.8 Å². The number of rotatable bonds is 6. The van der Waals surface area contributed by atoms with E-state index in [2.05, 4.69) is 17.4 Å². The van der Waals surface area contributed by atoms with Crippen LogP contribution in [0.4, 0.5) is 0 Å². The first-order valence-electron chi connectivity index (χ1n) is 10.4. The predicted octanol–water partition coefficient (Wildman–Crippen LogP) is 2.34. The lowest BCUT2D eigenvalue weighted by Gasteiger charge is -2.32. The molecule has 0 saturated carbocycles. The Morgan fingerprint density at radius 3 is 2.57 bits per heavy atom. The minimum atomic E-state index is -0.399. The van der Waals surface area contributed by atoms with Crippen LogP contribution in [0.15, 0.2) is 64.0 Å². The number of amides is 1. The number of methoxy groups -OCH3 is 1. The summed E-state index contributed by atoms with van der Waals surface area (Å²) in [5.74, 6) is 0.411. The quantitative estimate of drug-likeness (QED) is 0.658. The van der Waals surface area contributed by atoms with Gasteiger partial charge in [0.25, 0.3) is 5.91 Å². The Kier molecular flexibility index (Phi) is 6.14. The maximum atomic E-state index is 12.8. The van der Waals surface area contributed by atoms with E-state index in [0.29, 0.717) is 17.5 Å². The Labute approximate surface area is 175 Å². The molecule has 0 bridgehead atoms. The van der Waals surface area contributed by atoms with E-state index < -0.39 is 5.91 Å². The number of hydrogen-bond donors (Lipinski definition) is 2. The molecule has 0 radical (unpaired) electrons. The van der Waals surface area contributed by atoms with Crippen molar-refractivity contribution in [2.75, 3.05) is 26.7 Å². The number of benzene rings is 2. The number of nitrogens with one attached hydrogen (secondary N) is 2. The van der Waals surface area contributed by atoms with Gasteiger partial charge in [-0.2, -0.15) is 0 Å². The van der Waals surface area contributed by atoms with Crippen molar-refractivity contribution in [3.8, 4) is 5.75 Å². The summed E-state index contributed by atoms with van der Waals surface area (Å²) < 4.78 is 10.8. The summed E-state index contributed by atoms with van der Waals surface area (Å²) in [6, 6.07) is 15.1. The first-order chi connectivity index (χ1) is 14.7. The molecule has 3 aromatic rings. The Morgan fingerprint density at radius 2 is 1.83 bits per heavy atom. The fourth-order valence-corrected chi connectivity index (χ4v) is 4.21. The molecular weight excluding hydrogens is 380 g/mol. The van der Waals surface area contributed by atoms with Gasteiger partial charge in [-0.3, -0.25) is 9.59 Å². The Morgan fingerprint density at radius 1 is 1.10 bits per heavy atom. The zero-order valence-electron chi connectivity index (χ0n) is 17.1. The molecule has 0 unspecified atom stereocenters. The lowest BCUT2D eigenvalue weighted by Crippen LogP contribution is -3.13. The summed E-state index contributed by atoms with van der Waals surface area (Å²) in [5, 5.41) is 3.39. The number of carbonyl (C=O) groups excluding carboxylic acids is 1. The number of fused-ring (bicyclic) bond motifs is 1. The van der Waals surface area contributed by atoms with E-state index in [1.165, 1.54) is 30.4 Å². The molecule has 2 heterocycles. The van der Waals surface area contributed by atoms with Gasteiger partial charge in [0, 0.05) is 5.56 Å². The van der Waals surface area contributed by atoms with Crippen LogP contribution in [0.3, 0.4) is 0 Å². The van der Waals surface area contributed by atoms with E-state index in [9.17, 15) is 9.59 Å². The fourth-order valence-electron chi connectivity index (χ4n) is 4.21. The van der Waals surface area contributed by atoms with E-state index in [4.69, 9.17) is 9.15 Å². The minimum Gasteiger partial charge on any atom is -0.497 e. The SMILES string of the molecule is COc1ccc([C@H](CNC(=O)c2coc3ccccc3c2=O)[NH+]2CCCCC2)cc1. The van der Waals surface area contributed by atoms with E-state index in [1.54, 1.807) is 31.4 Å². The standard InChI is InChI=1S/C24H26N2O4/c1-29-18-11-9-17(10-12-18)21(26-13-5-2-6-14-26)15-25-24(28)20-16-30-22-8-4-3-7-19(22)23(20)27/h3-4,7-12,16,21H,2,5-6,13-15H2,1H3,(H,25,28)/p+1/t21-/m0/s1. The highest BCUT2D eigenvalue weighted by atomic mass is 16.5. The molecule has 1 fully saturated rings. The second-order valence-corrected chi connectivity index (χ2v) is 7.73. The maximum Gasteiger partial charge on any atom is 0.258 e. The van der Waals surface area contributed by atoms with E-state index >= 15 is 0 Å². The van der Waals surface area contributed by atoms with Crippen molar-refractivity contribution in [2.45, 2.75) is 25.3 Å². The van der Waals surface area contributed by atoms with Gasteiger partial charge in [-0.1, -0.05) is 12.1 Å². The number of para-hydroxylation sites is 1. The Hall–Kier alpha value is -3.12. The van der Waals surface area contributed by atoms with Crippen molar-refractivity contribution in [3.63, 3.8) is 0 Å². The van der Waals surface area contributed by atoms with Gasteiger partial charge in [-0.25, -0.2) is 0 Å². The van der Waals surface area contributed by atoms with Crippen LogP contribution < -0.4 is 20.4 Å². The first kappa shape index (κ1) is 20.2. The topological polar surface area (TPSA) is 73.0 Å². The lowest BCUT2D eigenvalue weighted by molar-refractivity contribution is -0.935. The Bertz CT molecular complexity index is 1070. The average Bonchev–Trinajstić information content (AvgIpc) is 2.80. The molecule has 2 aromatic carbocycles. The van der Waals surface area contributed by atoms with Crippen molar-refractivity contribution in [2.24, 2.45) is 0 Å². The summed E-state index contributed by atoms with van der Waals surface area (Å²) in [6.07, 6.45) is 4.88. The minimum absolute atomic E-state index is 0.0378. The second-order valence-electron chi connectivity index (χ2n) is 7.73. The summed E-state index contributed by atoms with van der Waals surface area (Å²) in [7, 11) is 1.65. The van der Waals surface area contributed by atoms with Gasteiger partial charge in [-0.05, 0) is 55.7 Å².